The van der Waals surface area contributed by atoms with E-state index in [4.69, 9.17) is 7.85 Å². The predicted octanol–water partition coefficient (Wildman–Crippen LogP) is 3.21. The first-order valence-electron chi connectivity index (χ1n) is 6.21. The zero-order valence-corrected chi connectivity index (χ0v) is 10.5. The summed E-state index contributed by atoms with van der Waals surface area (Å²) in [5.41, 5.74) is 4.76. The molecular formula is C17H12BN. The SMILES string of the molecule is [B]c1cc(-c2ccccc2)cc(-c2ccccc2)n1. The first kappa shape index (κ1) is 11.7. The van der Waals surface area contributed by atoms with Crippen molar-refractivity contribution in [1.82, 2.24) is 4.98 Å². The van der Waals surface area contributed by atoms with Crippen LogP contribution in [0.4, 0.5) is 0 Å². The van der Waals surface area contributed by atoms with E-state index in [1.165, 1.54) is 0 Å². The minimum Gasteiger partial charge on any atom is -0.264 e. The smallest absolute Gasteiger partial charge is 0.141 e. The average Bonchev–Trinajstić information content (AvgIpc) is 2.48. The van der Waals surface area contributed by atoms with Crippen LogP contribution in [0.15, 0.2) is 72.8 Å². The highest BCUT2D eigenvalue weighted by Crippen LogP contribution is 2.23. The number of hydrogen-bond acceptors (Lipinski definition) is 1. The van der Waals surface area contributed by atoms with E-state index < -0.39 is 0 Å². The highest BCUT2D eigenvalue weighted by atomic mass is 14.7. The van der Waals surface area contributed by atoms with Gasteiger partial charge in [-0.1, -0.05) is 60.7 Å². The lowest BCUT2D eigenvalue weighted by molar-refractivity contribution is 1.38. The molecule has 1 nitrogen and oxygen atoms in total. The highest BCUT2D eigenvalue weighted by Gasteiger charge is 2.04. The summed E-state index contributed by atoms with van der Waals surface area (Å²) in [6.07, 6.45) is 0. The Bertz CT molecular complexity index is 620. The maximum Gasteiger partial charge on any atom is 0.141 e. The second-order valence-corrected chi connectivity index (χ2v) is 4.40. The Hall–Kier alpha value is -2.35. The summed E-state index contributed by atoms with van der Waals surface area (Å²) in [7, 11) is 5.92. The minimum atomic E-state index is 0.542. The third kappa shape index (κ3) is 2.58. The topological polar surface area (TPSA) is 12.9 Å². The van der Waals surface area contributed by atoms with E-state index >= 15 is 0 Å². The molecule has 3 aromatic rings. The van der Waals surface area contributed by atoms with Gasteiger partial charge in [0.25, 0.3) is 0 Å². The monoisotopic (exact) mass is 241 g/mol. The molecule has 0 amide bonds. The summed E-state index contributed by atoms with van der Waals surface area (Å²) in [6, 6.07) is 24.2. The molecule has 0 atom stereocenters. The van der Waals surface area contributed by atoms with Crippen molar-refractivity contribution in [2.24, 2.45) is 0 Å². The van der Waals surface area contributed by atoms with Gasteiger partial charge < -0.3 is 0 Å². The average molecular weight is 241 g/mol. The summed E-state index contributed by atoms with van der Waals surface area (Å²) in [4.78, 5) is 4.41. The summed E-state index contributed by atoms with van der Waals surface area (Å²) in [5, 5.41) is 0. The lowest BCUT2D eigenvalue weighted by Crippen LogP contribution is -2.09. The molecule has 0 unspecified atom stereocenters. The number of nitrogens with zero attached hydrogens (tertiary/aromatic N) is 1. The van der Waals surface area contributed by atoms with Crippen molar-refractivity contribution in [1.29, 1.82) is 0 Å². The van der Waals surface area contributed by atoms with Crippen LogP contribution in [-0.2, 0) is 0 Å². The Morgan fingerprint density at radius 3 is 1.84 bits per heavy atom. The molecule has 2 aromatic carbocycles. The summed E-state index contributed by atoms with van der Waals surface area (Å²) in [5.74, 6) is 0. The quantitative estimate of drug-likeness (QED) is 0.628. The molecule has 0 aliphatic rings. The maximum atomic E-state index is 5.92. The normalized spacial score (nSPS) is 10.3. The van der Waals surface area contributed by atoms with Gasteiger partial charge in [-0.15, -0.1) is 0 Å². The van der Waals surface area contributed by atoms with E-state index in [0.717, 1.165) is 22.4 Å². The van der Waals surface area contributed by atoms with E-state index in [0.29, 0.717) is 5.59 Å². The standard InChI is InChI=1S/C17H12BN/c18-17-12-15(13-7-3-1-4-8-13)11-16(19-17)14-9-5-2-6-10-14/h1-12H. The molecule has 0 saturated heterocycles. The molecule has 0 aliphatic carbocycles. The van der Waals surface area contributed by atoms with Crippen LogP contribution in [0.1, 0.15) is 0 Å². The van der Waals surface area contributed by atoms with E-state index in [9.17, 15) is 0 Å². The van der Waals surface area contributed by atoms with Crippen LogP contribution in [0.3, 0.4) is 0 Å². The van der Waals surface area contributed by atoms with Crippen molar-refractivity contribution in [2.75, 3.05) is 0 Å². The van der Waals surface area contributed by atoms with Crippen LogP contribution in [-0.4, -0.2) is 12.8 Å². The van der Waals surface area contributed by atoms with Crippen LogP contribution in [0, 0.1) is 0 Å². The number of aromatic nitrogens is 1. The van der Waals surface area contributed by atoms with Gasteiger partial charge in [-0.2, -0.15) is 0 Å². The first-order chi connectivity index (χ1) is 9.33. The van der Waals surface area contributed by atoms with Crippen molar-refractivity contribution < 1.29 is 0 Å². The van der Waals surface area contributed by atoms with Gasteiger partial charge in [0.1, 0.15) is 7.85 Å². The van der Waals surface area contributed by atoms with Crippen molar-refractivity contribution in [2.45, 2.75) is 0 Å². The lowest BCUT2D eigenvalue weighted by Gasteiger charge is -2.07. The fraction of sp³-hybridized carbons (Fsp3) is 0. The molecule has 0 fully saturated rings. The largest absolute Gasteiger partial charge is 0.264 e. The van der Waals surface area contributed by atoms with Crippen LogP contribution < -0.4 is 5.59 Å². The summed E-state index contributed by atoms with van der Waals surface area (Å²) < 4.78 is 0. The molecule has 2 radical (unpaired) electrons. The molecular weight excluding hydrogens is 229 g/mol. The second-order valence-electron chi connectivity index (χ2n) is 4.40. The van der Waals surface area contributed by atoms with Crippen LogP contribution in [0.5, 0.6) is 0 Å². The molecule has 3 rings (SSSR count). The number of pyridine rings is 1. The van der Waals surface area contributed by atoms with Gasteiger partial charge in [-0.3, -0.25) is 4.98 Å². The number of hydrogen-bond donors (Lipinski definition) is 0. The fourth-order valence-corrected chi connectivity index (χ4v) is 2.11. The van der Waals surface area contributed by atoms with Crippen LogP contribution in [0.2, 0.25) is 0 Å². The van der Waals surface area contributed by atoms with E-state index in [-0.39, 0.29) is 0 Å². The summed E-state index contributed by atoms with van der Waals surface area (Å²) >= 11 is 0. The molecule has 19 heavy (non-hydrogen) atoms. The molecule has 1 heterocycles. The Morgan fingerprint density at radius 2 is 1.21 bits per heavy atom. The van der Waals surface area contributed by atoms with Gasteiger partial charge in [-0.25, -0.2) is 0 Å². The second kappa shape index (κ2) is 5.11. The molecule has 0 spiro atoms. The molecule has 0 saturated carbocycles. The number of benzene rings is 2. The van der Waals surface area contributed by atoms with Gasteiger partial charge in [0, 0.05) is 5.56 Å². The minimum absolute atomic E-state index is 0.542. The predicted molar refractivity (Wildman–Crippen MR) is 80.5 cm³/mol. The fourth-order valence-electron chi connectivity index (χ4n) is 2.11. The summed E-state index contributed by atoms with van der Waals surface area (Å²) in [6.45, 7) is 0. The van der Waals surface area contributed by atoms with E-state index in [1.807, 2.05) is 54.6 Å². The van der Waals surface area contributed by atoms with Gasteiger partial charge in [0.2, 0.25) is 0 Å². The van der Waals surface area contributed by atoms with Crippen molar-refractivity contribution in [3.8, 4) is 22.4 Å². The van der Waals surface area contributed by atoms with Crippen molar-refractivity contribution >= 4 is 13.4 Å². The van der Waals surface area contributed by atoms with Gasteiger partial charge >= 0.3 is 0 Å². The molecule has 2 heteroatoms. The van der Waals surface area contributed by atoms with Crippen molar-refractivity contribution in [3.63, 3.8) is 0 Å². The van der Waals surface area contributed by atoms with Gasteiger partial charge in [0.15, 0.2) is 0 Å². The number of rotatable bonds is 2. The van der Waals surface area contributed by atoms with Crippen molar-refractivity contribution in [3.05, 3.63) is 72.8 Å². The maximum absolute atomic E-state index is 5.92. The third-order valence-corrected chi connectivity index (χ3v) is 3.02. The Kier molecular flexibility index (Phi) is 3.15. The van der Waals surface area contributed by atoms with Crippen LogP contribution >= 0.6 is 0 Å². The van der Waals surface area contributed by atoms with Gasteiger partial charge in [-0.05, 0) is 28.9 Å². The Balaban J connectivity index is 2.12. The molecule has 88 valence electrons. The van der Waals surface area contributed by atoms with E-state index in [1.54, 1.807) is 0 Å². The Labute approximate surface area is 114 Å². The molecule has 0 bridgehead atoms. The Morgan fingerprint density at radius 1 is 0.632 bits per heavy atom. The first-order valence-corrected chi connectivity index (χ1v) is 6.21. The lowest BCUT2D eigenvalue weighted by atomic mass is 9.96. The van der Waals surface area contributed by atoms with Crippen LogP contribution in [0.25, 0.3) is 22.4 Å². The third-order valence-electron chi connectivity index (χ3n) is 3.02. The highest BCUT2D eigenvalue weighted by molar-refractivity contribution is 6.31. The zero-order valence-electron chi connectivity index (χ0n) is 10.5. The van der Waals surface area contributed by atoms with Gasteiger partial charge in [0.05, 0.1) is 5.69 Å². The molecule has 0 N–H and O–H groups in total. The molecule has 0 aliphatic heterocycles. The molecule has 1 aromatic heterocycles. The zero-order chi connectivity index (χ0) is 13.1. The van der Waals surface area contributed by atoms with E-state index in [2.05, 4.69) is 23.2 Å².